The van der Waals surface area contributed by atoms with Gasteiger partial charge in [-0.1, -0.05) is 30.3 Å². The van der Waals surface area contributed by atoms with E-state index in [-0.39, 0.29) is 18.7 Å². The van der Waals surface area contributed by atoms with E-state index in [1.165, 1.54) is 0 Å². The predicted octanol–water partition coefficient (Wildman–Crippen LogP) is 2.66. The molecule has 28 heavy (non-hydrogen) atoms. The van der Waals surface area contributed by atoms with Crippen LogP contribution in [0, 0.1) is 0 Å². The quantitative estimate of drug-likeness (QED) is 0.614. The zero-order valence-corrected chi connectivity index (χ0v) is 15.8. The van der Waals surface area contributed by atoms with Gasteiger partial charge in [-0.15, -0.1) is 0 Å². The van der Waals surface area contributed by atoms with Gasteiger partial charge in [-0.05, 0) is 36.8 Å². The summed E-state index contributed by atoms with van der Waals surface area (Å²) < 4.78 is 10.2. The van der Waals surface area contributed by atoms with Crippen molar-refractivity contribution in [3.63, 3.8) is 0 Å². The lowest BCUT2D eigenvalue weighted by atomic mass is 10.2. The summed E-state index contributed by atoms with van der Waals surface area (Å²) in [4.78, 5) is 35.3. The molecule has 0 saturated carbocycles. The molecule has 7 nitrogen and oxygen atoms in total. The van der Waals surface area contributed by atoms with Crippen molar-refractivity contribution in [1.29, 1.82) is 0 Å². The first-order valence-electron chi connectivity index (χ1n) is 9.05. The van der Waals surface area contributed by atoms with Crippen molar-refractivity contribution < 1.29 is 23.9 Å². The Morgan fingerprint density at radius 1 is 0.893 bits per heavy atom. The van der Waals surface area contributed by atoms with Gasteiger partial charge >= 0.3 is 5.97 Å². The largest absolute Gasteiger partial charge is 0.494 e. The van der Waals surface area contributed by atoms with Gasteiger partial charge in [0.05, 0.1) is 13.0 Å². The topological polar surface area (TPSA) is 93.7 Å². The summed E-state index contributed by atoms with van der Waals surface area (Å²) in [6, 6.07) is 16.3. The normalized spacial score (nSPS) is 10.0. The monoisotopic (exact) mass is 384 g/mol. The second-order valence-electron chi connectivity index (χ2n) is 5.93. The van der Waals surface area contributed by atoms with Gasteiger partial charge in [0.2, 0.25) is 5.91 Å². The van der Waals surface area contributed by atoms with Gasteiger partial charge in [-0.25, -0.2) is 0 Å². The second kappa shape index (κ2) is 11.4. The number of benzene rings is 2. The van der Waals surface area contributed by atoms with Crippen LogP contribution in [0.1, 0.15) is 25.3 Å². The number of hydrogen-bond donors (Lipinski definition) is 2. The Balaban J connectivity index is 1.61. The Hall–Kier alpha value is -3.35. The van der Waals surface area contributed by atoms with Crippen LogP contribution in [0.4, 0.5) is 5.69 Å². The lowest BCUT2D eigenvalue weighted by Gasteiger charge is -2.08. The number of amides is 2. The van der Waals surface area contributed by atoms with E-state index in [1.54, 1.807) is 24.3 Å². The van der Waals surface area contributed by atoms with Gasteiger partial charge in [0, 0.05) is 18.7 Å². The van der Waals surface area contributed by atoms with E-state index in [0.29, 0.717) is 24.6 Å². The molecule has 0 radical (unpaired) electrons. The first-order chi connectivity index (χ1) is 13.6. The summed E-state index contributed by atoms with van der Waals surface area (Å²) >= 11 is 0. The van der Waals surface area contributed by atoms with Crippen LogP contribution in [0.2, 0.25) is 0 Å². The molecule has 0 aliphatic heterocycles. The lowest BCUT2D eigenvalue weighted by molar-refractivity contribution is -0.148. The third kappa shape index (κ3) is 7.90. The van der Waals surface area contributed by atoms with Crippen LogP contribution in [0.3, 0.4) is 0 Å². The van der Waals surface area contributed by atoms with Gasteiger partial charge in [0.15, 0.2) is 6.61 Å². The number of nitrogens with one attached hydrogen (secondary N) is 2. The van der Waals surface area contributed by atoms with E-state index < -0.39 is 18.5 Å². The van der Waals surface area contributed by atoms with Gasteiger partial charge in [0.25, 0.3) is 5.91 Å². The maximum Gasteiger partial charge on any atom is 0.306 e. The minimum Gasteiger partial charge on any atom is -0.494 e. The van der Waals surface area contributed by atoms with Crippen LogP contribution in [0.15, 0.2) is 54.6 Å². The zero-order valence-electron chi connectivity index (χ0n) is 15.8. The number of ether oxygens (including phenoxy) is 2. The van der Waals surface area contributed by atoms with Crippen molar-refractivity contribution in [3.8, 4) is 5.75 Å². The van der Waals surface area contributed by atoms with Crippen LogP contribution in [-0.2, 0) is 25.7 Å². The van der Waals surface area contributed by atoms with Crippen LogP contribution in [-0.4, -0.2) is 31.0 Å². The van der Waals surface area contributed by atoms with Crippen LogP contribution >= 0.6 is 0 Å². The van der Waals surface area contributed by atoms with Crippen LogP contribution in [0.5, 0.6) is 5.75 Å². The third-order valence-corrected chi connectivity index (χ3v) is 3.70. The zero-order chi connectivity index (χ0) is 20.2. The van der Waals surface area contributed by atoms with Crippen molar-refractivity contribution in [2.45, 2.75) is 26.3 Å². The molecule has 2 rings (SSSR count). The fraction of sp³-hybridized carbons (Fsp3) is 0.286. The highest BCUT2D eigenvalue weighted by Gasteiger charge is 2.11. The van der Waals surface area contributed by atoms with Gasteiger partial charge < -0.3 is 20.1 Å². The fourth-order valence-corrected chi connectivity index (χ4v) is 2.32. The highest BCUT2D eigenvalue weighted by molar-refractivity contribution is 5.93. The van der Waals surface area contributed by atoms with E-state index in [4.69, 9.17) is 9.47 Å². The Morgan fingerprint density at radius 2 is 1.61 bits per heavy atom. The molecule has 0 aromatic heterocycles. The van der Waals surface area contributed by atoms with E-state index in [2.05, 4.69) is 10.6 Å². The van der Waals surface area contributed by atoms with Crippen LogP contribution < -0.4 is 15.4 Å². The van der Waals surface area contributed by atoms with E-state index in [0.717, 1.165) is 5.56 Å². The molecule has 0 saturated heterocycles. The molecule has 0 aliphatic rings. The molecule has 0 fully saturated rings. The molecule has 0 bridgehead atoms. The van der Waals surface area contributed by atoms with Crippen molar-refractivity contribution in [3.05, 3.63) is 60.2 Å². The van der Waals surface area contributed by atoms with E-state index in [9.17, 15) is 14.4 Å². The maximum absolute atomic E-state index is 11.8. The summed E-state index contributed by atoms with van der Waals surface area (Å²) in [6.45, 7) is 2.44. The minimum absolute atomic E-state index is 0.00613. The molecule has 0 atom stereocenters. The first kappa shape index (κ1) is 21.0. The molecular formula is C21H24N2O5. The second-order valence-corrected chi connectivity index (χ2v) is 5.93. The molecule has 148 valence electrons. The molecule has 0 unspecified atom stereocenters. The molecule has 7 heteroatoms. The molecule has 2 N–H and O–H groups in total. The number of hydrogen-bond acceptors (Lipinski definition) is 5. The number of carbonyl (C=O) groups excluding carboxylic acids is 3. The van der Waals surface area contributed by atoms with Crippen molar-refractivity contribution >= 4 is 23.5 Å². The van der Waals surface area contributed by atoms with Crippen LogP contribution in [0.25, 0.3) is 0 Å². The minimum atomic E-state index is -0.600. The van der Waals surface area contributed by atoms with Crippen molar-refractivity contribution in [2.75, 3.05) is 18.5 Å². The number of rotatable bonds is 10. The molecule has 2 aromatic rings. The number of carbonyl (C=O) groups is 3. The SMILES string of the molecule is CCOc1ccc(NC(=O)COC(=O)CCC(=O)NCc2ccccc2)cc1. The lowest BCUT2D eigenvalue weighted by Crippen LogP contribution is -2.25. The molecule has 2 aromatic carbocycles. The Bertz CT molecular complexity index is 775. The van der Waals surface area contributed by atoms with E-state index >= 15 is 0 Å². The molecular weight excluding hydrogens is 360 g/mol. The summed E-state index contributed by atoms with van der Waals surface area (Å²) in [5.41, 5.74) is 1.55. The number of esters is 1. The Labute approximate surface area is 164 Å². The molecule has 0 heterocycles. The summed E-state index contributed by atoms with van der Waals surface area (Å²) in [5.74, 6) is -0.597. The van der Waals surface area contributed by atoms with E-state index in [1.807, 2.05) is 37.3 Å². The summed E-state index contributed by atoms with van der Waals surface area (Å²) in [6.07, 6.45) is -0.0802. The summed E-state index contributed by atoms with van der Waals surface area (Å²) in [7, 11) is 0. The molecule has 0 aliphatic carbocycles. The Morgan fingerprint density at radius 3 is 2.29 bits per heavy atom. The fourth-order valence-electron chi connectivity index (χ4n) is 2.32. The van der Waals surface area contributed by atoms with Gasteiger partial charge in [-0.3, -0.25) is 14.4 Å². The average molecular weight is 384 g/mol. The Kier molecular flexibility index (Phi) is 8.52. The van der Waals surface area contributed by atoms with Gasteiger partial charge in [0.1, 0.15) is 5.75 Å². The molecule has 0 spiro atoms. The smallest absolute Gasteiger partial charge is 0.306 e. The first-order valence-corrected chi connectivity index (χ1v) is 9.05. The van der Waals surface area contributed by atoms with Crippen molar-refractivity contribution in [1.82, 2.24) is 5.32 Å². The predicted molar refractivity (Wildman–Crippen MR) is 105 cm³/mol. The highest BCUT2D eigenvalue weighted by atomic mass is 16.5. The third-order valence-electron chi connectivity index (χ3n) is 3.70. The standard InChI is InChI=1S/C21H24N2O5/c1-2-27-18-10-8-17(9-11-18)23-20(25)15-28-21(26)13-12-19(24)22-14-16-6-4-3-5-7-16/h3-11H,2,12-15H2,1H3,(H,22,24)(H,23,25). The van der Waals surface area contributed by atoms with Crippen molar-refractivity contribution in [2.24, 2.45) is 0 Å². The van der Waals surface area contributed by atoms with Gasteiger partial charge in [-0.2, -0.15) is 0 Å². The summed E-state index contributed by atoms with van der Waals surface area (Å²) in [5, 5.41) is 5.35. The average Bonchev–Trinajstić information content (AvgIpc) is 2.71. The molecule has 2 amide bonds. The highest BCUT2D eigenvalue weighted by Crippen LogP contribution is 2.15. The number of anilines is 1. The maximum atomic E-state index is 11.8.